The predicted octanol–water partition coefficient (Wildman–Crippen LogP) is 0.655. The molecule has 3 heterocycles. The molecule has 7 heteroatoms. The van der Waals surface area contributed by atoms with Crippen molar-refractivity contribution in [1.82, 2.24) is 19.6 Å². The van der Waals surface area contributed by atoms with Crippen LogP contribution in [0.3, 0.4) is 0 Å². The van der Waals surface area contributed by atoms with E-state index in [1.165, 1.54) is 12.8 Å². The maximum Gasteiger partial charge on any atom is 0.223 e. The summed E-state index contributed by atoms with van der Waals surface area (Å²) in [5.41, 5.74) is 2.28. The zero-order valence-electron chi connectivity index (χ0n) is 16.3. The molecular formula is C19H32N4O3. The van der Waals surface area contributed by atoms with E-state index in [9.17, 15) is 9.90 Å². The summed E-state index contributed by atoms with van der Waals surface area (Å²) in [4.78, 5) is 16.9. The summed E-state index contributed by atoms with van der Waals surface area (Å²) >= 11 is 0. The van der Waals surface area contributed by atoms with Gasteiger partial charge in [0.2, 0.25) is 5.91 Å². The van der Waals surface area contributed by atoms with E-state index >= 15 is 0 Å². The quantitative estimate of drug-likeness (QED) is 0.831. The second kappa shape index (κ2) is 8.06. The summed E-state index contributed by atoms with van der Waals surface area (Å²) in [6.45, 7) is 8.34. The second-order valence-corrected chi connectivity index (χ2v) is 7.85. The molecule has 2 aliphatic heterocycles. The lowest BCUT2D eigenvalue weighted by Crippen LogP contribution is -2.53. The number of amides is 1. The van der Waals surface area contributed by atoms with Crippen molar-refractivity contribution in [2.24, 2.45) is 7.05 Å². The van der Waals surface area contributed by atoms with E-state index in [1.54, 1.807) is 4.90 Å². The Balaban J connectivity index is 1.60. The third kappa shape index (κ3) is 4.45. The summed E-state index contributed by atoms with van der Waals surface area (Å²) in [5.74, 6) is 0.0815. The van der Waals surface area contributed by atoms with Gasteiger partial charge in [-0.15, -0.1) is 0 Å². The van der Waals surface area contributed by atoms with Crippen LogP contribution in [0, 0.1) is 13.8 Å². The van der Waals surface area contributed by atoms with Crippen LogP contribution in [-0.4, -0.2) is 82.1 Å². The van der Waals surface area contributed by atoms with Crippen LogP contribution in [0.25, 0.3) is 0 Å². The van der Waals surface area contributed by atoms with Gasteiger partial charge >= 0.3 is 0 Å². The number of aromatic nitrogens is 2. The number of aliphatic hydroxyl groups is 1. The summed E-state index contributed by atoms with van der Waals surface area (Å²) in [6, 6.07) is 0. The van der Waals surface area contributed by atoms with E-state index < -0.39 is 5.60 Å². The average molecular weight is 364 g/mol. The molecule has 0 radical (unpaired) electrons. The third-order valence-electron chi connectivity index (χ3n) is 5.68. The van der Waals surface area contributed by atoms with Crippen LogP contribution < -0.4 is 0 Å². The molecule has 2 aliphatic rings. The van der Waals surface area contributed by atoms with Crippen LogP contribution in [0.5, 0.6) is 0 Å². The molecule has 2 saturated heterocycles. The number of β-amino-alcohol motifs (C(OH)–C–C–N with tert-alkyl or cyclic N) is 1. The van der Waals surface area contributed by atoms with E-state index in [-0.39, 0.29) is 5.91 Å². The van der Waals surface area contributed by atoms with Gasteiger partial charge in [-0.1, -0.05) is 0 Å². The molecule has 0 saturated carbocycles. The van der Waals surface area contributed by atoms with Crippen molar-refractivity contribution in [3.05, 3.63) is 17.0 Å². The molecule has 7 nitrogen and oxygen atoms in total. The first-order valence-corrected chi connectivity index (χ1v) is 9.67. The highest BCUT2D eigenvalue weighted by atomic mass is 16.5. The monoisotopic (exact) mass is 364 g/mol. The fourth-order valence-corrected chi connectivity index (χ4v) is 4.15. The van der Waals surface area contributed by atoms with Gasteiger partial charge in [-0.25, -0.2) is 0 Å². The Labute approximate surface area is 155 Å². The van der Waals surface area contributed by atoms with Crippen molar-refractivity contribution >= 4 is 5.91 Å². The van der Waals surface area contributed by atoms with E-state index in [1.807, 2.05) is 25.6 Å². The molecule has 0 aliphatic carbocycles. The van der Waals surface area contributed by atoms with Crippen LogP contribution in [0.1, 0.15) is 36.2 Å². The SMILES string of the molecule is Cc1nn(C)c(C)c1CCC(=O)N1CCOCC(O)(CN2CCCC2)C1. The third-order valence-corrected chi connectivity index (χ3v) is 5.68. The van der Waals surface area contributed by atoms with E-state index in [2.05, 4.69) is 10.00 Å². The molecule has 1 N–H and O–H groups in total. The first kappa shape index (κ1) is 19.3. The number of aryl methyl sites for hydroxylation is 2. The van der Waals surface area contributed by atoms with Crippen LogP contribution in [0.2, 0.25) is 0 Å². The minimum atomic E-state index is -0.976. The van der Waals surface area contributed by atoms with Crippen LogP contribution in [-0.2, 0) is 23.0 Å². The van der Waals surface area contributed by atoms with Gasteiger partial charge in [0, 0.05) is 32.3 Å². The molecular weight excluding hydrogens is 332 g/mol. The smallest absolute Gasteiger partial charge is 0.223 e. The number of ether oxygens (including phenoxy) is 1. The van der Waals surface area contributed by atoms with Gasteiger partial charge in [-0.05, 0) is 51.8 Å². The molecule has 1 amide bonds. The van der Waals surface area contributed by atoms with Gasteiger partial charge in [0.1, 0.15) is 5.60 Å². The summed E-state index contributed by atoms with van der Waals surface area (Å²) in [7, 11) is 1.93. The van der Waals surface area contributed by atoms with Crippen LogP contribution in [0.4, 0.5) is 0 Å². The van der Waals surface area contributed by atoms with E-state index in [0.717, 1.165) is 30.0 Å². The molecule has 1 aromatic rings. The Morgan fingerprint density at radius 2 is 2.00 bits per heavy atom. The molecule has 1 aromatic heterocycles. The fraction of sp³-hybridized carbons (Fsp3) is 0.789. The zero-order valence-corrected chi connectivity index (χ0v) is 16.3. The second-order valence-electron chi connectivity index (χ2n) is 7.85. The minimum absolute atomic E-state index is 0.0815. The number of likely N-dealkylation sites (tertiary alicyclic amines) is 1. The molecule has 26 heavy (non-hydrogen) atoms. The Morgan fingerprint density at radius 3 is 2.65 bits per heavy atom. The molecule has 3 rings (SSSR count). The van der Waals surface area contributed by atoms with Crippen LogP contribution >= 0.6 is 0 Å². The maximum absolute atomic E-state index is 12.8. The van der Waals surface area contributed by atoms with E-state index in [0.29, 0.717) is 45.7 Å². The van der Waals surface area contributed by atoms with Gasteiger partial charge in [0.15, 0.2) is 0 Å². The Bertz CT molecular complexity index is 639. The Morgan fingerprint density at radius 1 is 1.27 bits per heavy atom. The maximum atomic E-state index is 12.8. The topological polar surface area (TPSA) is 70.8 Å². The predicted molar refractivity (Wildman–Crippen MR) is 99.0 cm³/mol. The van der Waals surface area contributed by atoms with Crippen molar-refractivity contribution in [1.29, 1.82) is 0 Å². The van der Waals surface area contributed by atoms with Gasteiger partial charge in [0.25, 0.3) is 0 Å². The largest absolute Gasteiger partial charge is 0.384 e. The Kier molecular flexibility index (Phi) is 5.99. The summed E-state index contributed by atoms with van der Waals surface area (Å²) < 4.78 is 7.49. The highest BCUT2D eigenvalue weighted by molar-refractivity contribution is 5.76. The van der Waals surface area contributed by atoms with E-state index in [4.69, 9.17) is 4.74 Å². The number of hydrogen-bond donors (Lipinski definition) is 1. The number of nitrogens with zero attached hydrogens (tertiary/aromatic N) is 4. The first-order valence-electron chi connectivity index (χ1n) is 9.67. The van der Waals surface area contributed by atoms with Crippen molar-refractivity contribution in [2.45, 2.75) is 45.1 Å². The number of carbonyl (C=O) groups excluding carboxylic acids is 1. The molecule has 146 valence electrons. The van der Waals surface area contributed by atoms with Gasteiger partial charge in [-0.2, -0.15) is 5.10 Å². The number of rotatable bonds is 5. The number of carbonyl (C=O) groups is 1. The van der Waals surface area contributed by atoms with Gasteiger partial charge < -0.3 is 19.6 Å². The highest BCUT2D eigenvalue weighted by Crippen LogP contribution is 2.20. The first-order chi connectivity index (χ1) is 12.4. The summed E-state index contributed by atoms with van der Waals surface area (Å²) in [5, 5.41) is 15.5. The minimum Gasteiger partial charge on any atom is -0.384 e. The van der Waals surface area contributed by atoms with Crippen molar-refractivity contribution in [3.8, 4) is 0 Å². The van der Waals surface area contributed by atoms with Gasteiger partial charge in [-0.3, -0.25) is 9.48 Å². The lowest BCUT2D eigenvalue weighted by atomic mass is 10.0. The number of hydrogen-bond acceptors (Lipinski definition) is 5. The normalized spacial score (nSPS) is 24.8. The summed E-state index contributed by atoms with van der Waals surface area (Å²) in [6.07, 6.45) is 3.49. The molecule has 1 atom stereocenters. The van der Waals surface area contributed by atoms with Crippen molar-refractivity contribution < 1.29 is 14.6 Å². The molecule has 0 bridgehead atoms. The van der Waals surface area contributed by atoms with Crippen molar-refractivity contribution in [2.75, 3.05) is 45.9 Å². The van der Waals surface area contributed by atoms with Crippen molar-refractivity contribution in [3.63, 3.8) is 0 Å². The van der Waals surface area contributed by atoms with Crippen LogP contribution in [0.15, 0.2) is 0 Å². The average Bonchev–Trinajstić information content (AvgIpc) is 3.11. The molecule has 1 unspecified atom stereocenters. The molecule has 0 aromatic carbocycles. The fourth-order valence-electron chi connectivity index (χ4n) is 4.15. The zero-order chi connectivity index (χ0) is 18.7. The highest BCUT2D eigenvalue weighted by Gasteiger charge is 2.36. The lowest BCUT2D eigenvalue weighted by molar-refractivity contribution is -0.134. The Hall–Kier alpha value is -1.44. The molecule has 2 fully saturated rings. The molecule has 0 spiro atoms. The van der Waals surface area contributed by atoms with Gasteiger partial charge in [0.05, 0.1) is 25.5 Å². The standard InChI is InChI=1S/C19H32N4O3/c1-15-17(16(2)21(3)20-15)6-7-18(24)23-10-11-26-14-19(25,13-23)12-22-8-4-5-9-22/h25H,4-14H2,1-3H3. The lowest BCUT2D eigenvalue weighted by Gasteiger charge is -2.34.